The molecular weight excluding hydrogens is 387 g/mol. The number of pyridine rings is 1. The standard InChI is InChI=1S/C16H12F3N3O4S/c1-8-2-3-12(26-8)11-4-10(16(17,18)19)9(5-20)15(22-11)27-7-13(23)21-6-14(24)25/h2-4H,6-7H2,1H3,(H,21,23)(H,24,25). The Labute approximate surface area is 155 Å². The molecule has 142 valence electrons. The quantitative estimate of drug-likeness (QED) is 0.718. The molecule has 2 aromatic rings. The summed E-state index contributed by atoms with van der Waals surface area (Å²) in [6, 6.07) is 5.18. The lowest BCUT2D eigenvalue weighted by molar-refractivity contribution is -0.138. The summed E-state index contributed by atoms with van der Waals surface area (Å²) < 4.78 is 45.4. The van der Waals surface area contributed by atoms with Gasteiger partial charge in [-0.3, -0.25) is 9.59 Å². The molecule has 0 saturated heterocycles. The van der Waals surface area contributed by atoms with Gasteiger partial charge in [-0.25, -0.2) is 4.98 Å². The molecule has 1 amide bonds. The summed E-state index contributed by atoms with van der Waals surface area (Å²) in [5.74, 6) is -1.85. The largest absolute Gasteiger partial charge is 0.480 e. The molecule has 2 N–H and O–H groups in total. The number of nitrogens with one attached hydrogen (secondary N) is 1. The first kappa shape index (κ1) is 20.3. The van der Waals surface area contributed by atoms with Crippen molar-refractivity contribution < 1.29 is 32.3 Å². The summed E-state index contributed by atoms with van der Waals surface area (Å²) in [7, 11) is 0. The summed E-state index contributed by atoms with van der Waals surface area (Å²) >= 11 is 0.597. The van der Waals surface area contributed by atoms with E-state index >= 15 is 0 Å². The Kier molecular flexibility index (Phi) is 6.12. The number of aromatic nitrogens is 1. The van der Waals surface area contributed by atoms with Gasteiger partial charge in [-0.05, 0) is 25.1 Å². The van der Waals surface area contributed by atoms with Crippen molar-refractivity contribution in [3.05, 3.63) is 35.1 Å². The van der Waals surface area contributed by atoms with Crippen LogP contribution in [0.25, 0.3) is 11.5 Å². The van der Waals surface area contributed by atoms with Crippen molar-refractivity contribution in [2.45, 2.75) is 18.1 Å². The Bertz CT molecular complexity index is 919. The Balaban J connectivity index is 2.40. The average molecular weight is 399 g/mol. The first-order chi connectivity index (χ1) is 12.6. The number of alkyl halides is 3. The maximum Gasteiger partial charge on any atom is 0.417 e. The van der Waals surface area contributed by atoms with Crippen LogP contribution in [0.2, 0.25) is 0 Å². The minimum Gasteiger partial charge on any atom is -0.480 e. The van der Waals surface area contributed by atoms with Crippen molar-refractivity contribution in [2.24, 2.45) is 0 Å². The van der Waals surface area contributed by atoms with Gasteiger partial charge in [-0.2, -0.15) is 18.4 Å². The molecule has 2 heterocycles. The van der Waals surface area contributed by atoms with Gasteiger partial charge in [0.2, 0.25) is 5.91 Å². The van der Waals surface area contributed by atoms with Crippen molar-refractivity contribution >= 4 is 23.6 Å². The Morgan fingerprint density at radius 3 is 2.63 bits per heavy atom. The van der Waals surface area contributed by atoms with Crippen molar-refractivity contribution in [3.63, 3.8) is 0 Å². The van der Waals surface area contributed by atoms with E-state index in [-0.39, 0.29) is 16.5 Å². The molecule has 2 aromatic heterocycles. The van der Waals surface area contributed by atoms with Crippen LogP contribution in [0.3, 0.4) is 0 Å². The number of amides is 1. The number of carboxylic acids is 1. The third kappa shape index (κ3) is 5.24. The number of hydrogen-bond donors (Lipinski definition) is 2. The second-order valence-electron chi connectivity index (χ2n) is 5.21. The number of hydrogen-bond acceptors (Lipinski definition) is 6. The molecule has 0 bridgehead atoms. The number of halogens is 3. The lowest BCUT2D eigenvalue weighted by Gasteiger charge is -2.13. The minimum atomic E-state index is -4.81. The highest BCUT2D eigenvalue weighted by molar-refractivity contribution is 8.00. The van der Waals surface area contributed by atoms with Crippen LogP contribution >= 0.6 is 11.8 Å². The summed E-state index contributed by atoms with van der Waals surface area (Å²) in [5.41, 5.74) is -2.05. The van der Waals surface area contributed by atoms with Gasteiger partial charge in [0.1, 0.15) is 29.1 Å². The SMILES string of the molecule is Cc1ccc(-c2cc(C(F)(F)F)c(C#N)c(SCC(=O)NCC(=O)O)n2)o1. The fourth-order valence-corrected chi connectivity index (χ4v) is 2.85. The summed E-state index contributed by atoms with van der Waals surface area (Å²) in [4.78, 5) is 26.1. The molecule has 0 aliphatic heterocycles. The Hall–Kier alpha value is -3.00. The molecule has 0 unspecified atom stereocenters. The van der Waals surface area contributed by atoms with E-state index in [1.807, 2.05) is 0 Å². The smallest absolute Gasteiger partial charge is 0.417 e. The zero-order chi connectivity index (χ0) is 20.2. The second kappa shape index (κ2) is 8.13. The first-order valence-electron chi connectivity index (χ1n) is 7.32. The predicted octanol–water partition coefficient (Wildman–Crippen LogP) is 2.83. The van der Waals surface area contributed by atoms with E-state index in [9.17, 15) is 22.8 Å². The van der Waals surface area contributed by atoms with Crippen molar-refractivity contribution in [3.8, 4) is 17.5 Å². The van der Waals surface area contributed by atoms with Crippen LogP contribution in [-0.4, -0.2) is 34.3 Å². The van der Waals surface area contributed by atoms with Crippen LogP contribution in [0, 0.1) is 18.3 Å². The van der Waals surface area contributed by atoms with E-state index in [2.05, 4.69) is 10.3 Å². The van der Waals surface area contributed by atoms with E-state index < -0.39 is 41.5 Å². The highest BCUT2D eigenvalue weighted by Gasteiger charge is 2.36. The Morgan fingerprint density at radius 1 is 1.41 bits per heavy atom. The van der Waals surface area contributed by atoms with Gasteiger partial charge < -0.3 is 14.8 Å². The number of aliphatic carboxylic acids is 1. The van der Waals surface area contributed by atoms with Crippen molar-refractivity contribution in [1.82, 2.24) is 10.3 Å². The molecule has 0 aliphatic carbocycles. The average Bonchev–Trinajstić information content (AvgIpc) is 3.02. The zero-order valence-corrected chi connectivity index (χ0v) is 14.6. The van der Waals surface area contributed by atoms with E-state index in [0.717, 1.165) is 0 Å². The number of thioether (sulfide) groups is 1. The maximum absolute atomic E-state index is 13.4. The van der Waals surface area contributed by atoms with Gasteiger partial charge >= 0.3 is 12.1 Å². The molecule has 0 aromatic carbocycles. The van der Waals surface area contributed by atoms with E-state index in [1.54, 1.807) is 13.0 Å². The number of nitrogens with zero attached hydrogens (tertiary/aromatic N) is 2. The molecule has 2 rings (SSSR count). The molecule has 0 atom stereocenters. The minimum absolute atomic E-state index is 0.0830. The summed E-state index contributed by atoms with van der Waals surface area (Å²) in [6.07, 6.45) is -4.81. The van der Waals surface area contributed by atoms with Crippen LogP contribution in [0.4, 0.5) is 13.2 Å². The maximum atomic E-state index is 13.4. The first-order valence-corrected chi connectivity index (χ1v) is 8.30. The number of nitriles is 1. The number of aryl methyl sites for hydroxylation is 1. The van der Waals surface area contributed by atoms with Gasteiger partial charge in [0.05, 0.1) is 16.9 Å². The fourth-order valence-electron chi connectivity index (χ4n) is 2.02. The number of rotatable bonds is 6. The van der Waals surface area contributed by atoms with Crippen molar-refractivity contribution in [1.29, 1.82) is 5.26 Å². The van der Waals surface area contributed by atoms with Crippen LogP contribution in [0.15, 0.2) is 27.6 Å². The van der Waals surface area contributed by atoms with Crippen LogP contribution in [0.5, 0.6) is 0 Å². The topological polar surface area (TPSA) is 116 Å². The second-order valence-corrected chi connectivity index (χ2v) is 6.18. The van der Waals surface area contributed by atoms with Crippen LogP contribution in [0.1, 0.15) is 16.9 Å². The zero-order valence-electron chi connectivity index (χ0n) is 13.8. The van der Waals surface area contributed by atoms with E-state index in [0.29, 0.717) is 23.6 Å². The van der Waals surface area contributed by atoms with E-state index in [4.69, 9.17) is 14.8 Å². The van der Waals surface area contributed by atoms with Crippen molar-refractivity contribution in [2.75, 3.05) is 12.3 Å². The third-order valence-corrected chi connectivity index (χ3v) is 4.15. The monoisotopic (exact) mass is 399 g/mol. The molecule has 0 aliphatic rings. The molecule has 0 radical (unpaired) electrons. The molecule has 0 saturated carbocycles. The third-order valence-electron chi connectivity index (χ3n) is 3.17. The highest BCUT2D eigenvalue weighted by atomic mass is 32.2. The number of carbonyl (C=O) groups is 2. The van der Waals surface area contributed by atoms with Gasteiger partial charge in [-0.1, -0.05) is 11.8 Å². The van der Waals surface area contributed by atoms with Crippen LogP contribution in [-0.2, 0) is 15.8 Å². The lowest BCUT2D eigenvalue weighted by atomic mass is 10.1. The normalized spacial score (nSPS) is 11.1. The van der Waals surface area contributed by atoms with Crippen LogP contribution < -0.4 is 5.32 Å². The number of carboxylic acid groups (broad SMARTS) is 1. The summed E-state index contributed by atoms with van der Waals surface area (Å²) in [6.45, 7) is 0.984. The van der Waals surface area contributed by atoms with Gasteiger partial charge in [-0.15, -0.1) is 0 Å². The van der Waals surface area contributed by atoms with Gasteiger partial charge in [0.25, 0.3) is 0 Å². The molecule has 27 heavy (non-hydrogen) atoms. The van der Waals surface area contributed by atoms with E-state index in [1.165, 1.54) is 12.1 Å². The highest BCUT2D eigenvalue weighted by Crippen LogP contribution is 2.38. The predicted molar refractivity (Wildman–Crippen MR) is 87.8 cm³/mol. The van der Waals surface area contributed by atoms with Gasteiger partial charge in [0.15, 0.2) is 5.76 Å². The molecule has 7 nitrogen and oxygen atoms in total. The molecule has 11 heteroatoms. The Morgan fingerprint density at radius 2 is 2.11 bits per heavy atom. The summed E-state index contributed by atoms with van der Waals surface area (Å²) in [5, 5.41) is 19.4. The molecule has 0 fully saturated rings. The number of carbonyl (C=O) groups excluding carboxylic acids is 1. The number of furan rings is 1. The molecule has 0 spiro atoms. The van der Waals surface area contributed by atoms with Gasteiger partial charge in [0, 0.05) is 0 Å². The lowest BCUT2D eigenvalue weighted by Crippen LogP contribution is -2.30. The fraction of sp³-hybridized carbons (Fsp3) is 0.250. The molecular formula is C16H12F3N3O4S.